The number of thioether (sulfide) groups is 1. The number of para-hydroxylation sites is 2. The molecule has 0 bridgehead atoms. The van der Waals surface area contributed by atoms with E-state index < -0.39 is 10.0 Å². The molecule has 0 aliphatic heterocycles. The van der Waals surface area contributed by atoms with Crippen molar-refractivity contribution in [3.8, 4) is 17.1 Å². The number of fused-ring (bicyclic) bond motifs is 1. The molecular formula is C21H23N5O2S2. The maximum absolute atomic E-state index is 11.7. The predicted molar refractivity (Wildman–Crippen MR) is 122 cm³/mol. The summed E-state index contributed by atoms with van der Waals surface area (Å²) in [6.07, 6.45) is 2.48. The SMILES string of the molecule is CNS(=O)(=O)CCCSc1nnc(-c2c[nH]c3ccccc23)n1-c1ccccc1C. The van der Waals surface area contributed by atoms with E-state index in [4.69, 9.17) is 0 Å². The summed E-state index contributed by atoms with van der Waals surface area (Å²) >= 11 is 1.51. The van der Waals surface area contributed by atoms with Gasteiger partial charge in [0.05, 0.1) is 11.4 Å². The van der Waals surface area contributed by atoms with Crippen molar-refractivity contribution in [1.29, 1.82) is 0 Å². The van der Waals surface area contributed by atoms with Gasteiger partial charge in [-0.2, -0.15) is 0 Å². The molecule has 0 fully saturated rings. The van der Waals surface area contributed by atoms with Crippen molar-refractivity contribution >= 4 is 32.7 Å². The number of aryl methyl sites for hydroxylation is 1. The van der Waals surface area contributed by atoms with Crippen molar-refractivity contribution in [2.24, 2.45) is 0 Å². The van der Waals surface area contributed by atoms with E-state index in [2.05, 4.69) is 43.5 Å². The fourth-order valence-electron chi connectivity index (χ4n) is 3.34. The normalized spacial score (nSPS) is 11.9. The minimum atomic E-state index is -3.21. The van der Waals surface area contributed by atoms with Crippen molar-refractivity contribution in [2.45, 2.75) is 18.5 Å². The molecule has 0 saturated heterocycles. The van der Waals surface area contributed by atoms with E-state index in [1.807, 2.05) is 42.6 Å². The number of hydrogen-bond acceptors (Lipinski definition) is 5. The van der Waals surface area contributed by atoms with Gasteiger partial charge in [-0.05, 0) is 38.1 Å². The number of H-pyrrole nitrogens is 1. The molecule has 2 heterocycles. The number of aromatic amines is 1. The highest BCUT2D eigenvalue weighted by Crippen LogP contribution is 2.33. The minimum absolute atomic E-state index is 0.0876. The first-order chi connectivity index (χ1) is 14.5. The molecule has 2 N–H and O–H groups in total. The molecule has 9 heteroatoms. The molecule has 156 valence electrons. The summed E-state index contributed by atoms with van der Waals surface area (Å²) < 4.78 is 27.7. The van der Waals surface area contributed by atoms with Gasteiger partial charge in [0, 0.05) is 28.4 Å². The molecule has 2 aromatic carbocycles. The number of sulfonamides is 1. The minimum Gasteiger partial charge on any atom is -0.360 e. The van der Waals surface area contributed by atoms with Crippen LogP contribution in [0.25, 0.3) is 28.0 Å². The number of benzene rings is 2. The van der Waals surface area contributed by atoms with Crippen LogP contribution in [0.4, 0.5) is 0 Å². The van der Waals surface area contributed by atoms with Crippen molar-refractivity contribution in [1.82, 2.24) is 24.5 Å². The first-order valence-corrected chi connectivity index (χ1v) is 12.3. The van der Waals surface area contributed by atoms with Gasteiger partial charge >= 0.3 is 0 Å². The molecule has 0 atom stereocenters. The summed E-state index contributed by atoms with van der Waals surface area (Å²) in [6.45, 7) is 2.06. The van der Waals surface area contributed by atoms with Crippen molar-refractivity contribution in [2.75, 3.05) is 18.6 Å². The molecule has 0 radical (unpaired) electrons. The quantitative estimate of drug-likeness (QED) is 0.321. The largest absolute Gasteiger partial charge is 0.360 e. The molecule has 4 rings (SSSR count). The Morgan fingerprint density at radius 1 is 1.10 bits per heavy atom. The Morgan fingerprint density at radius 3 is 2.67 bits per heavy atom. The molecule has 0 saturated carbocycles. The van der Waals surface area contributed by atoms with E-state index in [1.165, 1.54) is 18.8 Å². The van der Waals surface area contributed by atoms with Crippen LogP contribution in [-0.2, 0) is 10.0 Å². The Bertz CT molecular complexity index is 1280. The number of nitrogens with one attached hydrogen (secondary N) is 2. The van der Waals surface area contributed by atoms with Crippen molar-refractivity contribution < 1.29 is 8.42 Å². The molecule has 0 aliphatic carbocycles. The van der Waals surface area contributed by atoms with Crippen LogP contribution in [-0.4, -0.2) is 46.7 Å². The van der Waals surface area contributed by atoms with Crippen LogP contribution >= 0.6 is 11.8 Å². The van der Waals surface area contributed by atoms with Crippen LogP contribution in [0.15, 0.2) is 59.9 Å². The molecule has 30 heavy (non-hydrogen) atoms. The smallest absolute Gasteiger partial charge is 0.211 e. The molecule has 0 spiro atoms. The Kier molecular flexibility index (Phi) is 5.94. The fourth-order valence-corrected chi connectivity index (χ4v) is 5.14. The molecule has 2 aromatic heterocycles. The highest BCUT2D eigenvalue weighted by molar-refractivity contribution is 7.99. The van der Waals surface area contributed by atoms with Gasteiger partial charge in [0.25, 0.3) is 0 Å². The van der Waals surface area contributed by atoms with E-state index >= 15 is 0 Å². The van der Waals surface area contributed by atoms with Crippen LogP contribution in [0.5, 0.6) is 0 Å². The standard InChI is InChI=1S/C21H23N5O2S2/c1-15-8-3-6-11-19(15)26-20(17-14-23-18-10-5-4-9-16(17)18)24-25-21(26)29-12-7-13-30(27,28)22-2/h3-6,8-11,14,22-23H,7,12-13H2,1-2H3. The summed E-state index contributed by atoms with van der Waals surface area (Å²) in [4.78, 5) is 3.30. The van der Waals surface area contributed by atoms with Crippen molar-refractivity contribution in [3.63, 3.8) is 0 Å². The number of nitrogens with zero attached hydrogens (tertiary/aromatic N) is 3. The first-order valence-electron chi connectivity index (χ1n) is 9.62. The van der Waals surface area contributed by atoms with Crippen LogP contribution < -0.4 is 4.72 Å². The lowest BCUT2D eigenvalue weighted by Gasteiger charge is -2.12. The van der Waals surface area contributed by atoms with Crippen LogP contribution in [0, 0.1) is 6.92 Å². The Balaban J connectivity index is 1.72. The maximum Gasteiger partial charge on any atom is 0.211 e. The molecule has 0 amide bonds. The third-order valence-electron chi connectivity index (χ3n) is 4.92. The molecule has 7 nitrogen and oxygen atoms in total. The van der Waals surface area contributed by atoms with E-state index in [0.29, 0.717) is 12.2 Å². The van der Waals surface area contributed by atoms with Gasteiger partial charge in [0.15, 0.2) is 11.0 Å². The van der Waals surface area contributed by atoms with Crippen molar-refractivity contribution in [3.05, 3.63) is 60.3 Å². The zero-order chi connectivity index (χ0) is 21.1. The average Bonchev–Trinajstić information content (AvgIpc) is 3.35. The highest BCUT2D eigenvalue weighted by atomic mass is 32.2. The van der Waals surface area contributed by atoms with Gasteiger partial charge in [-0.1, -0.05) is 48.2 Å². The van der Waals surface area contributed by atoms with Gasteiger partial charge in [0.2, 0.25) is 10.0 Å². The zero-order valence-corrected chi connectivity index (χ0v) is 18.4. The lowest BCUT2D eigenvalue weighted by Crippen LogP contribution is -2.22. The third kappa shape index (κ3) is 4.14. The average molecular weight is 442 g/mol. The van der Waals surface area contributed by atoms with Crippen LogP contribution in [0.1, 0.15) is 12.0 Å². The second-order valence-electron chi connectivity index (χ2n) is 6.90. The summed E-state index contributed by atoms with van der Waals surface area (Å²) in [6, 6.07) is 16.2. The second-order valence-corrected chi connectivity index (χ2v) is 10.0. The highest BCUT2D eigenvalue weighted by Gasteiger charge is 2.20. The van der Waals surface area contributed by atoms with Gasteiger partial charge < -0.3 is 4.98 Å². The predicted octanol–water partition coefficient (Wildman–Crippen LogP) is 3.76. The monoisotopic (exact) mass is 441 g/mol. The van der Waals surface area contributed by atoms with Gasteiger partial charge in [-0.3, -0.25) is 4.57 Å². The molecular weight excluding hydrogens is 418 g/mol. The second kappa shape index (κ2) is 8.63. The summed E-state index contributed by atoms with van der Waals surface area (Å²) in [5.41, 5.74) is 4.13. The topological polar surface area (TPSA) is 92.7 Å². The van der Waals surface area contributed by atoms with E-state index in [0.717, 1.165) is 38.7 Å². The summed E-state index contributed by atoms with van der Waals surface area (Å²) in [5, 5.41) is 10.8. The molecule has 4 aromatic rings. The van der Waals surface area contributed by atoms with Gasteiger partial charge in [-0.15, -0.1) is 10.2 Å². The van der Waals surface area contributed by atoms with Gasteiger partial charge in [-0.25, -0.2) is 13.1 Å². The van der Waals surface area contributed by atoms with Crippen LogP contribution in [0.3, 0.4) is 0 Å². The third-order valence-corrected chi connectivity index (χ3v) is 7.38. The molecule has 0 unspecified atom stereocenters. The number of rotatable bonds is 8. The number of hydrogen-bond donors (Lipinski definition) is 2. The van der Waals surface area contributed by atoms with E-state index in [-0.39, 0.29) is 5.75 Å². The lowest BCUT2D eigenvalue weighted by molar-refractivity contribution is 0.587. The van der Waals surface area contributed by atoms with Gasteiger partial charge in [0.1, 0.15) is 0 Å². The Hall–Kier alpha value is -2.62. The first kappa shape index (κ1) is 20.6. The van der Waals surface area contributed by atoms with Crippen LogP contribution in [0.2, 0.25) is 0 Å². The number of aromatic nitrogens is 4. The lowest BCUT2D eigenvalue weighted by atomic mass is 10.1. The fraction of sp³-hybridized carbons (Fsp3) is 0.238. The summed E-state index contributed by atoms with van der Waals surface area (Å²) in [5.74, 6) is 1.47. The molecule has 0 aliphatic rings. The Morgan fingerprint density at radius 2 is 1.87 bits per heavy atom. The maximum atomic E-state index is 11.7. The van der Waals surface area contributed by atoms with E-state index in [1.54, 1.807) is 0 Å². The van der Waals surface area contributed by atoms with E-state index in [9.17, 15) is 8.42 Å². The zero-order valence-electron chi connectivity index (χ0n) is 16.8. The Labute approximate surface area is 180 Å². The summed E-state index contributed by atoms with van der Waals surface area (Å²) in [7, 11) is -1.77.